The van der Waals surface area contributed by atoms with Crippen LogP contribution >= 0.6 is 11.6 Å². The highest BCUT2D eigenvalue weighted by Crippen LogP contribution is 2.18. The minimum atomic E-state index is -0.526. The van der Waals surface area contributed by atoms with Gasteiger partial charge in [0.1, 0.15) is 5.75 Å². The first-order chi connectivity index (χ1) is 12.2. The van der Waals surface area contributed by atoms with Crippen LogP contribution in [-0.4, -0.2) is 12.0 Å². The van der Waals surface area contributed by atoms with E-state index >= 15 is 0 Å². The molecule has 3 nitrogen and oxygen atoms in total. The van der Waals surface area contributed by atoms with E-state index in [0.29, 0.717) is 23.7 Å². The van der Waals surface area contributed by atoms with E-state index in [0.717, 1.165) is 5.56 Å². The zero-order valence-electron chi connectivity index (χ0n) is 14.0. The Labute approximate surface area is 152 Å². The molecule has 4 heteroatoms. The molecule has 0 spiro atoms. The maximum Gasteiger partial charge on any atom is 0.261 e. The number of halogens is 1. The maximum absolute atomic E-state index is 12.4. The lowest BCUT2D eigenvalue weighted by molar-refractivity contribution is -0.128. The minimum absolute atomic E-state index is 0.120. The van der Waals surface area contributed by atoms with Gasteiger partial charge in [-0.2, -0.15) is 0 Å². The number of benzene rings is 3. The van der Waals surface area contributed by atoms with Gasteiger partial charge in [-0.15, -0.1) is 0 Å². The highest BCUT2D eigenvalue weighted by Gasteiger charge is 2.18. The first-order valence-electron chi connectivity index (χ1n) is 8.33. The summed E-state index contributed by atoms with van der Waals surface area (Å²) in [5.41, 5.74) is 1.06. The van der Waals surface area contributed by atoms with Gasteiger partial charge in [-0.1, -0.05) is 54.9 Å². The summed E-state index contributed by atoms with van der Waals surface area (Å²) in [7, 11) is 0. The average Bonchev–Trinajstić information content (AvgIpc) is 2.65. The molecule has 3 rings (SSSR count). The van der Waals surface area contributed by atoms with Crippen LogP contribution < -0.4 is 10.1 Å². The fourth-order valence-electron chi connectivity index (χ4n) is 2.65. The normalized spacial score (nSPS) is 11.9. The van der Waals surface area contributed by atoms with Gasteiger partial charge in [-0.25, -0.2) is 0 Å². The Balaban J connectivity index is 1.62. The van der Waals surface area contributed by atoms with Gasteiger partial charge < -0.3 is 10.1 Å². The molecule has 0 aliphatic rings. The van der Waals surface area contributed by atoms with Gasteiger partial charge in [0.05, 0.1) is 0 Å². The van der Waals surface area contributed by atoms with Crippen molar-refractivity contribution in [1.29, 1.82) is 0 Å². The van der Waals surface area contributed by atoms with Crippen molar-refractivity contribution >= 4 is 28.3 Å². The lowest BCUT2D eigenvalue weighted by Gasteiger charge is -2.17. The lowest BCUT2D eigenvalue weighted by Crippen LogP contribution is -2.37. The molecule has 1 atom stereocenters. The fourth-order valence-corrected chi connectivity index (χ4v) is 2.78. The second kappa shape index (κ2) is 8.04. The number of ether oxygens (including phenoxy) is 1. The monoisotopic (exact) mass is 353 g/mol. The number of amides is 1. The zero-order valence-corrected chi connectivity index (χ0v) is 14.8. The molecule has 0 aliphatic carbocycles. The number of fused-ring (bicyclic) bond motifs is 1. The smallest absolute Gasteiger partial charge is 0.261 e. The molecule has 1 N–H and O–H groups in total. The van der Waals surface area contributed by atoms with E-state index in [-0.39, 0.29) is 5.91 Å². The maximum atomic E-state index is 12.4. The number of hydrogen-bond donors (Lipinski definition) is 1. The van der Waals surface area contributed by atoms with Crippen molar-refractivity contribution in [2.45, 2.75) is 26.0 Å². The number of carbonyl (C=O) groups is 1. The van der Waals surface area contributed by atoms with E-state index in [9.17, 15) is 4.79 Å². The van der Waals surface area contributed by atoms with Crippen LogP contribution in [0.25, 0.3) is 10.8 Å². The van der Waals surface area contributed by atoms with E-state index in [1.54, 1.807) is 24.3 Å². The SMILES string of the molecule is CCC(Oc1ccc(Cl)cc1)C(=O)NCc1ccc2ccccc2c1. The molecule has 0 bridgehead atoms. The highest BCUT2D eigenvalue weighted by molar-refractivity contribution is 6.30. The summed E-state index contributed by atoms with van der Waals surface area (Å²) in [5.74, 6) is 0.516. The summed E-state index contributed by atoms with van der Waals surface area (Å²) < 4.78 is 5.77. The van der Waals surface area contributed by atoms with Crippen molar-refractivity contribution in [2.24, 2.45) is 0 Å². The van der Waals surface area contributed by atoms with Crippen molar-refractivity contribution in [3.63, 3.8) is 0 Å². The summed E-state index contributed by atoms with van der Waals surface area (Å²) in [5, 5.41) is 5.95. The van der Waals surface area contributed by atoms with Crippen molar-refractivity contribution < 1.29 is 9.53 Å². The van der Waals surface area contributed by atoms with E-state index in [1.807, 2.05) is 25.1 Å². The quantitative estimate of drug-likeness (QED) is 0.679. The third-order valence-corrected chi connectivity index (χ3v) is 4.29. The molecule has 0 aromatic heterocycles. The Hall–Kier alpha value is -2.52. The molecule has 128 valence electrons. The number of rotatable bonds is 6. The average molecular weight is 354 g/mol. The Morgan fingerprint density at radius 2 is 1.76 bits per heavy atom. The molecular weight excluding hydrogens is 334 g/mol. The standard InChI is InChI=1S/C21H20ClNO2/c1-2-20(25-19-11-9-18(22)10-12-19)21(24)23-14-15-7-8-16-5-3-4-6-17(16)13-15/h3-13,20H,2,14H2,1H3,(H,23,24). The van der Waals surface area contributed by atoms with Gasteiger partial charge in [0.15, 0.2) is 6.10 Å². The molecule has 25 heavy (non-hydrogen) atoms. The van der Waals surface area contributed by atoms with Crippen LogP contribution in [0.4, 0.5) is 0 Å². The predicted octanol–water partition coefficient (Wildman–Crippen LogP) is 4.97. The molecule has 3 aromatic carbocycles. The van der Waals surface area contributed by atoms with E-state index in [4.69, 9.17) is 16.3 Å². The Bertz CT molecular complexity index is 861. The molecular formula is C21H20ClNO2. The van der Waals surface area contributed by atoms with Crippen molar-refractivity contribution in [1.82, 2.24) is 5.32 Å². The van der Waals surface area contributed by atoms with E-state index in [2.05, 4.69) is 29.6 Å². The Kier molecular flexibility index (Phi) is 5.56. The van der Waals surface area contributed by atoms with Crippen LogP contribution in [0, 0.1) is 0 Å². The molecule has 0 aliphatic heterocycles. The second-order valence-electron chi connectivity index (χ2n) is 5.87. The van der Waals surface area contributed by atoms with Crippen LogP contribution in [0.3, 0.4) is 0 Å². The van der Waals surface area contributed by atoms with Gasteiger partial charge >= 0.3 is 0 Å². The van der Waals surface area contributed by atoms with Gasteiger partial charge in [0, 0.05) is 11.6 Å². The van der Waals surface area contributed by atoms with Crippen molar-refractivity contribution in [3.05, 3.63) is 77.3 Å². The minimum Gasteiger partial charge on any atom is -0.481 e. The molecule has 0 fully saturated rings. The summed E-state index contributed by atoms with van der Waals surface area (Å²) in [6.07, 6.45) is 0.0632. The van der Waals surface area contributed by atoms with E-state index in [1.165, 1.54) is 10.8 Å². The summed E-state index contributed by atoms with van der Waals surface area (Å²) >= 11 is 5.87. The van der Waals surface area contributed by atoms with Gasteiger partial charge in [-0.3, -0.25) is 4.79 Å². The lowest BCUT2D eigenvalue weighted by atomic mass is 10.1. The zero-order chi connectivity index (χ0) is 17.6. The van der Waals surface area contributed by atoms with Gasteiger partial charge in [0.2, 0.25) is 0 Å². The van der Waals surface area contributed by atoms with Crippen LogP contribution in [0.1, 0.15) is 18.9 Å². The topological polar surface area (TPSA) is 38.3 Å². The molecule has 0 radical (unpaired) electrons. The Morgan fingerprint density at radius 3 is 2.48 bits per heavy atom. The highest BCUT2D eigenvalue weighted by atomic mass is 35.5. The fraction of sp³-hybridized carbons (Fsp3) is 0.190. The number of hydrogen-bond acceptors (Lipinski definition) is 2. The number of nitrogens with one attached hydrogen (secondary N) is 1. The van der Waals surface area contributed by atoms with Crippen molar-refractivity contribution in [3.8, 4) is 5.75 Å². The van der Waals surface area contributed by atoms with Gasteiger partial charge in [0.25, 0.3) is 5.91 Å². The predicted molar refractivity (Wildman–Crippen MR) is 102 cm³/mol. The first-order valence-corrected chi connectivity index (χ1v) is 8.71. The summed E-state index contributed by atoms with van der Waals surface area (Å²) in [4.78, 5) is 12.4. The Morgan fingerprint density at radius 1 is 1.04 bits per heavy atom. The largest absolute Gasteiger partial charge is 0.481 e. The van der Waals surface area contributed by atoms with Crippen molar-refractivity contribution in [2.75, 3.05) is 0 Å². The molecule has 1 unspecified atom stereocenters. The van der Waals surface area contributed by atoms with Crippen LogP contribution in [0.15, 0.2) is 66.7 Å². The molecule has 1 amide bonds. The molecule has 0 saturated heterocycles. The molecule has 3 aromatic rings. The van der Waals surface area contributed by atoms with Crippen LogP contribution in [0.2, 0.25) is 5.02 Å². The first kappa shape index (κ1) is 17.3. The van der Waals surface area contributed by atoms with Crippen LogP contribution in [-0.2, 0) is 11.3 Å². The molecule has 0 heterocycles. The third kappa shape index (κ3) is 4.52. The van der Waals surface area contributed by atoms with Crippen LogP contribution in [0.5, 0.6) is 5.75 Å². The van der Waals surface area contributed by atoms with E-state index < -0.39 is 6.10 Å². The van der Waals surface area contributed by atoms with Gasteiger partial charge in [-0.05, 0) is 53.1 Å². The summed E-state index contributed by atoms with van der Waals surface area (Å²) in [6.45, 7) is 2.40. The molecule has 0 saturated carbocycles. The third-order valence-electron chi connectivity index (χ3n) is 4.04. The number of carbonyl (C=O) groups excluding carboxylic acids is 1. The second-order valence-corrected chi connectivity index (χ2v) is 6.30. The summed E-state index contributed by atoms with van der Waals surface area (Å²) in [6, 6.07) is 21.4.